The van der Waals surface area contributed by atoms with Gasteiger partial charge < -0.3 is 0 Å². The van der Waals surface area contributed by atoms with E-state index in [1.54, 1.807) is 13.0 Å². The first-order valence-corrected chi connectivity index (χ1v) is 9.35. The van der Waals surface area contributed by atoms with Gasteiger partial charge in [0.1, 0.15) is 11.9 Å². The van der Waals surface area contributed by atoms with Crippen LogP contribution in [0.3, 0.4) is 0 Å². The third-order valence-electron chi connectivity index (χ3n) is 3.46. The van der Waals surface area contributed by atoms with Crippen LogP contribution in [0, 0.1) is 17.1 Å². The summed E-state index contributed by atoms with van der Waals surface area (Å²) in [5.41, 5.74) is -0.304. The van der Waals surface area contributed by atoms with E-state index >= 15 is 0 Å². The number of benzene rings is 1. The van der Waals surface area contributed by atoms with E-state index < -0.39 is 26.6 Å². The molecule has 2 unspecified atom stereocenters. The van der Waals surface area contributed by atoms with Gasteiger partial charge in [0.15, 0.2) is 0 Å². The lowest BCUT2D eigenvalue weighted by molar-refractivity contribution is 0.350. The zero-order chi connectivity index (χ0) is 15.6. The lowest BCUT2D eigenvalue weighted by Crippen LogP contribution is -2.39. The molecule has 0 saturated carbocycles. The summed E-state index contributed by atoms with van der Waals surface area (Å²) in [4.78, 5) is -0.111. The first kappa shape index (κ1) is 16.1. The summed E-state index contributed by atoms with van der Waals surface area (Å²) in [5, 5.41) is 8.81. The van der Waals surface area contributed by atoms with Crippen molar-refractivity contribution in [3.05, 3.63) is 29.6 Å². The zero-order valence-corrected chi connectivity index (χ0v) is 13.1. The van der Waals surface area contributed by atoms with E-state index in [0.717, 1.165) is 18.2 Å². The first-order valence-electron chi connectivity index (χ1n) is 6.42. The minimum Gasteiger partial charge on any atom is -0.260 e. The number of hydrogen-bond donors (Lipinski definition) is 0. The lowest BCUT2D eigenvalue weighted by atomic mass is 10.2. The molecule has 0 N–H and O–H groups in total. The average Bonchev–Trinajstić information content (AvgIpc) is 2.61. The summed E-state index contributed by atoms with van der Waals surface area (Å²) >= 11 is 0. The van der Waals surface area contributed by atoms with Crippen molar-refractivity contribution < 1.29 is 17.0 Å². The Morgan fingerprint density at radius 1 is 1.43 bits per heavy atom. The van der Waals surface area contributed by atoms with E-state index in [-0.39, 0.29) is 28.8 Å². The fourth-order valence-corrected chi connectivity index (χ4v) is 5.22. The molecule has 0 aliphatic carbocycles. The number of nitriles is 1. The summed E-state index contributed by atoms with van der Waals surface area (Å²) in [5.74, 6) is 0.0112. The molecule has 0 bridgehead atoms. The molecule has 2 atom stereocenters. The molecule has 1 saturated heterocycles. The van der Waals surface area contributed by atoms with Crippen molar-refractivity contribution in [1.29, 1.82) is 5.26 Å². The highest BCUT2D eigenvalue weighted by atomic mass is 32.2. The van der Waals surface area contributed by atoms with Crippen LogP contribution in [-0.4, -0.2) is 41.0 Å². The van der Waals surface area contributed by atoms with E-state index in [9.17, 15) is 17.0 Å². The quantitative estimate of drug-likeness (QED) is 0.817. The molecular formula is C13H15FN2O3S2. The number of nitrogens with zero attached hydrogens (tertiary/aromatic N) is 2. The minimum absolute atomic E-state index is 0.111. The zero-order valence-electron chi connectivity index (χ0n) is 11.5. The van der Waals surface area contributed by atoms with Crippen molar-refractivity contribution >= 4 is 20.8 Å². The lowest BCUT2D eigenvalue weighted by Gasteiger charge is -2.25. The van der Waals surface area contributed by atoms with E-state index in [2.05, 4.69) is 0 Å². The Hall–Kier alpha value is -1.30. The topological polar surface area (TPSA) is 78.2 Å². The van der Waals surface area contributed by atoms with Gasteiger partial charge in [-0.05, 0) is 31.5 Å². The van der Waals surface area contributed by atoms with Crippen LogP contribution in [-0.2, 0) is 20.8 Å². The Morgan fingerprint density at radius 3 is 2.81 bits per heavy atom. The predicted octanol–water partition coefficient (Wildman–Crippen LogP) is 1.23. The average molecular weight is 330 g/mol. The van der Waals surface area contributed by atoms with Crippen molar-refractivity contribution in [2.45, 2.75) is 24.3 Å². The van der Waals surface area contributed by atoms with E-state index in [4.69, 9.17) is 5.26 Å². The van der Waals surface area contributed by atoms with E-state index in [1.807, 2.05) is 0 Å². The molecule has 0 amide bonds. The fourth-order valence-electron chi connectivity index (χ4n) is 2.20. The highest BCUT2D eigenvalue weighted by molar-refractivity contribution is 7.89. The predicted molar refractivity (Wildman–Crippen MR) is 77.0 cm³/mol. The van der Waals surface area contributed by atoms with Crippen LogP contribution >= 0.6 is 0 Å². The molecule has 1 aliphatic heterocycles. The Morgan fingerprint density at radius 2 is 2.14 bits per heavy atom. The molecule has 5 nitrogen and oxygen atoms in total. The molecule has 1 aliphatic rings. The van der Waals surface area contributed by atoms with Gasteiger partial charge in [-0.2, -0.15) is 9.57 Å². The number of halogens is 1. The third-order valence-corrected chi connectivity index (χ3v) is 6.80. The Kier molecular flexibility index (Phi) is 4.76. The molecule has 114 valence electrons. The van der Waals surface area contributed by atoms with Crippen LogP contribution in [0.2, 0.25) is 0 Å². The van der Waals surface area contributed by atoms with Crippen molar-refractivity contribution in [2.24, 2.45) is 0 Å². The maximum Gasteiger partial charge on any atom is 0.243 e. The SMILES string of the molecule is CC1CCS(=O)CCN1S(=O)(=O)c1ccc(F)c(C#N)c1. The summed E-state index contributed by atoms with van der Waals surface area (Å²) in [6.45, 7) is 1.92. The van der Waals surface area contributed by atoms with E-state index in [0.29, 0.717) is 12.2 Å². The van der Waals surface area contributed by atoms with Gasteiger partial charge in [0.05, 0.1) is 10.5 Å². The van der Waals surface area contributed by atoms with Crippen molar-refractivity contribution in [1.82, 2.24) is 4.31 Å². The molecule has 1 aromatic rings. The summed E-state index contributed by atoms with van der Waals surface area (Å²) < 4.78 is 51.4. The second kappa shape index (κ2) is 6.22. The van der Waals surface area contributed by atoms with Gasteiger partial charge in [0, 0.05) is 34.9 Å². The number of rotatable bonds is 2. The van der Waals surface area contributed by atoms with Crippen LogP contribution in [0.25, 0.3) is 0 Å². The maximum atomic E-state index is 13.3. The number of sulfonamides is 1. The van der Waals surface area contributed by atoms with Gasteiger partial charge in [0.25, 0.3) is 0 Å². The molecule has 1 aromatic carbocycles. The molecule has 2 rings (SSSR count). The standard InChI is InChI=1S/C13H15FN2O3S2/c1-10-4-6-20(17)7-5-16(10)21(18,19)12-2-3-13(14)11(8-12)9-15/h2-3,8,10H,4-7H2,1H3. The monoisotopic (exact) mass is 330 g/mol. The maximum absolute atomic E-state index is 13.3. The first-order chi connectivity index (χ1) is 9.86. The second-order valence-corrected chi connectivity index (χ2v) is 8.44. The molecule has 0 spiro atoms. The molecule has 0 radical (unpaired) electrons. The van der Waals surface area contributed by atoms with Crippen LogP contribution in [0.5, 0.6) is 0 Å². The van der Waals surface area contributed by atoms with Gasteiger partial charge in [-0.15, -0.1) is 0 Å². The molecule has 21 heavy (non-hydrogen) atoms. The van der Waals surface area contributed by atoms with Crippen molar-refractivity contribution in [3.63, 3.8) is 0 Å². The molecule has 0 aromatic heterocycles. The van der Waals surface area contributed by atoms with Crippen LogP contribution < -0.4 is 0 Å². The van der Waals surface area contributed by atoms with Gasteiger partial charge in [-0.3, -0.25) is 4.21 Å². The van der Waals surface area contributed by atoms with Crippen LogP contribution in [0.15, 0.2) is 23.1 Å². The molecule has 1 heterocycles. The Labute approximate surface area is 125 Å². The normalized spacial score (nSPS) is 24.2. The summed E-state index contributed by atoms with van der Waals surface area (Å²) in [6.07, 6.45) is 0.512. The van der Waals surface area contributed by atoms with E-state index in [1.165, 1.54) is 4.31 Å². The minimum atomic E-state index is -3.83. The van der Waals surface area contributed by atoms with Gasteiger partial charge in [-0.1, -0.05) is 0 Å². The fraction of sp³-hybridized carbons (Fsp3) is 0.462. The molecule has 8 heteroatoms. The highest BCUT2D eigenvalue weighted by Crippen LogP contribution is 2.23. The van der Waals surface area contributed by atoms with Gasteiger partial charge in [-0.25, -0.2) is 12.8 Å². The Bertz CT molecular complexity index is 713. The smallest absolute Gasteiger partial charge is 0.243 e. The summed E-state index contributed by atoms with van der Waals surface area (Å²) in [7, 11) is -4.84. The van der Waals surface area contributed by atoms with Crippen molar-refractivity contribution in [3.8, 4) is 6.07 Å². The highest BCUT2D eigenvalue weighted by Gasteiger charge is 2.31. The van der Waals surface area contributed by atoms with Crippen LogP contribution in [0.4, 0.5) is 4.39 Å². The Balaban J connectivity index is 2.41. The van der Waals surface area contributed by atoms with Gasteiger partial charge in [0.2, 0.25) is 10.0 Å². The summed E-state index contributed by atoms with van der Waals surface area (Å²) in [6, 6.07) is 4.53. The molecular weight excluding hydrogens is 315 g/mol. The van der Waals surface area contributed by atoms with Gasteiger partial charge >= 0.3 is 0 Å². The number of hydrogen-bond acceptors (Lipinski definition) is 4. The third kappa shape index (κ3) is 3.31. The second-order valence-electron chi connectivity index (χ2n) is 4.85. The van der Waals surface area contributed by atoms with Crippen molar-refractivity contribution in [2.75, 3.05) is 18.1 Å². The van der Waals surface area contributed by atoms with Crippen LogP contribution in [0.1, 0.15) is 18.9 Å². The largest absolute Gasteiger partial charge is 0.260 e. The molecule has 1 fully saturated rings.